The molecule has 0 aliphatic carbocycles. The minimum Gasteiger partial charge on any atom is -0.267 e. The van der Waals surface area contributed by atoms with Gasteiger partial charge in [0.05, 0.1) is 0 Å². The summed E-state index contributed by atoms with van der Waals surface area (Å²) in [7, 11) is 0. The largest absolute Gasteiger partial charge is 0.272 e. The van der Waals surface area contributed by atoms with E-state index in [4.69, 9.17) is 11.6 Å². The van der Waals surface area contributed by atoms with Crippen molar-refractivity contribution in [3.05, 3.63) is 52.0 Å². The molecule has 70 valence electrons. The maximum Gasteiger partial charge on any atom is 0.272 e. The second-order valence-corrected chi connectivity index (χ2v) is 3.04. The average Bonchev–Trinajstić information content (AvgIpc) is 2.18. The van der Waals surface area contributed by atoms with Crippen LogP contribution in [0.3, 0.4) is 0 Å². The lowest BCUT2D eigenvalue weighted by Gasteiger charge is -2.01. The number of hydrogen-bond acceptors (Lipinski definition) is 3. The molecule has 0 aliphatic heterocycles. The van der Waals surface area contributed by atoms with Crippen molar-refractivity contribution in [2.75, 3.05) is 0 Å². The standard InChI is InChI=1S/C9H6ClN3O/c10-7-3-5-11-8(6-7)13-9(14)2-1-4-12-13/h1-6H. The van der Waals surface area contributed by atoms with Gasteiger partial charge in [-0.15, -0.1) is 0 Å². The number of hydrogen-bond donors (Lipinski definition) is 0. The predicted molar refractivity (Wildman–Crippen MR) is 52.6 cm³/mol. The van der Waals surface area contributed by atoms with Crippen molar-refractivity contribution in [2.24, 2.45) is 0 Å². The normalized spacial score (nSPS) is 10.1. The Labute approximate surface area is 84.8 Å². The first-order valence-electron chi connectivity index (χ1n) is 3.94. The summed E-state index contributed by atoms with van der Waals surface area (Å²) in [5, 5.41) is 4.39. The van der Waals surface area contributed by atoms with Gasteiger partial charge in [-0.3, -0.25) is 4.79 Å². The molecule has 2 aromatic heterocycles. The molecule has 0 N–H and O–H groups in total. The summed E-state index contributed by atoms with van der Waals surface area (Å²) in [6.45, 7) is 0. The Hall–Kier alpha value is -1.68. The van der Waals surface area contributed by atoms with Gasteiger partial charge in [0.25, 0.3) is 5.56 Å². The van der Waals surface area contributed by atoms with Crippen molar-refractivity contribution < 1.29 is 0 Å². The third-order valence-electron chi connectivity index (χ3n) is 1.64. The van der Waals surface area contributed by atoms with E-state index in [0.29, 0.717) is 10.8 Å². The van der Waals surface area contributed by atoms with E-state index in [1.54, 1.807) is 18.2 Å². The molecule has 0 atom stereocenters. The quantitative estimate of drug-likeness (QED) is 0.708. The molecule has 0 saturated heterocycles. The molecule has 0 fully saturated rings. The van der Waals surface area contributed by atoms with E-state index >= 15 is 0 Å². The van der Waals surface area contributed by atoms with Crippen molar-refractivity contribution in [3.63, 3.8) is 0 Å². The fraction of sp³-hybridized carbons (Fsp3) is 0. The SMILES string of the molecule is O=c1cccnn1-c1cc(Cl)ccn1. The number of nitrogens with zero attached hydrogens (tertiary/aromatic N) is 3. The molecule has 2 heterocycles. The summed E-state index contributed by atoms with van der Waals surface area (Å²) in [5.41, 5.74) is -0.234. The first kappa shape index (κ1) is 8.90. The van der Waals surface area contributed by atoms with Gasteiger partial charge in [-0.25, -0.2) is 4.98 Å². The third-order valence-corrected chi connectivity index (χ3v) is 1.88. The maximum absolute atomic E-state index is 11.3. The zero-order valence-electron chi connectivity index (χ0n) is 7.09. The zero-order valence-corrected chi connectivity index (χ0v) is 7.85. The van der Waals surface area contributed by atoms with Gasteiger partial charge < -0.3 is 0 Å². The Morgan fingerprint density at radius 3 is 2.86 bits per heavy atom. The Morgan fingerprint density at radius 1 is 1.29 bits per heavy atom. The number of halogens is 1. The maximum atomic E-state index is 11.3. The Balaban J connectivity index is 2.61. The van der Waals surface area contributed by atoms with Crippen LogP contribution in [0, 0.1) is 0 Å². The summed E-state index contributed by atoms with van der Waals surface area (Å²) in [4.78, 5) is 15.3. The van der Waals surface area contributed by atoms with Crippen LogP contribution in [0.5, 0.6) is 0 Å². The molecular weight excluding hydrogens is 202 g/mol. The highest BCUT2D eigenvalue weighted by molar-refractivity contribution is 6.30. The molecule has 5 heteroatoms. The molecule has 2 rings (SSSR count). The van der Waals surface area contributed by atoms with Crippen LogP contribution in [0.4, 0.5) is 0 Å². The number of aromatic nitrogens is 3. The van der Waals surface area contributed by atoms with E-state index in [-0.39, 0.29) is 5.56 Å². The Morgan fingerprint density at radius 2 is 2.14 bits per heavy atom. The van der Waals surface area contributed by atoms with Gasteiger partial charge in [0, 0.05) is 29.5 Å². The highest BCUT2D eigenvalue weighted by Crippen LogP contribution is 2.09. The molecule has 0 radical (unpaired) electrons. The van der Waals surface area contributed by atoms with Crippen molar-refractivity contribution in [3.8, 4) is 5.82 Å². The van der Waals surface area contributed by atoms with Crippen LogP contribution in [-0.2, 0) is 0 Å². The summed E-state index contributed by atoms with van der Waals surface area (Å²) in [6, 6.07) is 6.20. The second-order valence-electron chi connectivity index (χ2n) is 2.61. The predicted octanol–water partition coefficient (Wildman–Crippen LogP) is 1.28. The van der Waals surface area contributed by atoms with Crippen molar-refractivity contribution in [2.45, 2.75) is 0 Å². The molecule has 2 aromatic rings. The van der Waals surface area contributed by atoms with Gasteiger partial charge in [-0.05, 0) is 12.1 Å². The lowest BCUT2D eigenvalue weighted by Crippen LogP contribution is -2.19. The summed E-state index contributed by atoms with van der Waals surface area (Å²) < 4.78 is 1.19. The minimum atomic E-state index is -0.234. The van der Waals surface area contributed by atoms with E-state index in [9.17, 15) is 4.79 Å². The monoisotopic (exact) mass is 207 g/mol. The van der Waals surface area contributed by atoms with Crippen LogP contribution in [0.15, 0.2) is 41.5 Å². The molecule has 0 bridgehead atoms. The van der Waals surface area contributed by atoms with Gasteiger partial charge in [-0.1, -0.05) is 11.6 Å². The average molecular weight is 208 g/mol. The van der Waals surface area contributed by atoms with Gasteiger partial charge >= 0.3 is 0 Å². The molecule has 4 nitrogen and oxygen atoms in total. The molecule has 0 unspecified atom stereocenters. The lowest BCUT2D eigenvalue weighted by atomic mass is 10.4. The van der Waals surface area contributed by atoms with E-state index in [1.807, 2.05) is 0 Å². The van der Waals surface area contributed by atoms with Crippen molar-refractivity contribution in [1.29, 1.82) is 0 Å². The topological polar surface area (TPSA) is 47.8 Å². The minimum absolute atomic E-state index is 0.234. The van der Waals surface area contributed by atoms with Crippen LogP contribution < -0.4 is 5.56 Å². The highest BCUT2D eigenvalue weighted by Gasteiger charge is 2.00. The van der Waals surface area contributed by atoms with E-state index in [2.05, 4.69) is 10.1 Å². The van der Waals surface area contributed by atoms with Crippen molar-refractivity contribution >= 4 is 11.6 Å². The van der Waals surface area contributed by atoms with Gasteiger partial charge in [0.2, 0.25) is 0 Å². The first-order valence-corrected chi connectivity index (χ1v) is 4.31. The molecule has 0 aliphatic rings. The van der Waals surface area contributed by atoms with Crippen LogP contribution in [0.25, 0.3) is 5.82 Å². The Bertz CT molecular complexity index is 509. The molecule has 0 amide bonds. The molecule has 0 spiro atoms. The number of pyridine rings is 1. The molecule has 0 aromatic carbocycles. The molecular formula is C9H6ClN3O. The first-order chi connectivity index (χ1) is 6.77. The smallest absolute Gasteiger partial charge is 0.267 e. The summed E-state index contributed by atoms with van der Waals surface area (Å²) >= 11 is 5.76. The molecule has 0 saturated carbocycles. The fourth-order valence-corrected chi connectivity index (χ4v) is 1.19. The van der Waals surface area contributed by atoms with Crippen LogP contribution in [0.2, 0.25) is 5.02 Å². The van der Waals surface area contributed by atoms with Gasteiger partial charge in [-0.2, -0.15) is 9.78 Å². The Kier molecular flexibility index (Phi) is 2.28. The van der Waals surface area contributed by atoms with E-state index in [1.165, 1.54) is 23.1 Å². The summed E-state index contributed by atoms with van der Waals surface area (Å²) in [5.74, 6) is 0.420. The molecule has 14 heavy (non-hydrogen) atoms. The van der Waals surface area contributed by atoms with Crippen LogP contribution in [0.1, 0.15) is 0 Å². The van der Waals surface area contributed by atoms with Crippen LogP contribution in [-0.4, -0.2) is 14.8 Å². The zero-order chi connectivity index (χ0) is 9.97. The van der Waals surface area contributed by atoms with Gasteiger partial charge in [0.1, 0.15) is 0 Å². The van der Waals surface area contributed by atoms with Crippen molar-refractivity contribution in [1.82, 2.24) is 14.8 Å². The number of rotatable bonds is 1. The van der Waals surface area contributed by atoms with E-state index in [0.717, 1.165) is 0 Å². The highest BCUT2D eigenvalue weighted by atomic mass is 35.5. The van der Waals surface area contributed by atoms with Gasteiger partial charge in [0.15, 0.2) is 5.82 Å². The lowest BCUT2D eigenvalue weighted by molar-refractivity contribution is 0.781. The van der Waals surface area contributed by atoms with E-state index < -0.39 is 0 Å². The third kappa shape index (κ3) is 1.65. The van der Waals surface area contributed by atoms with Crippen LogP contribution >= 0.6 is 11.6 Å². The second kappa shape index (κ2) is 3.59. The summed E-state index contributed by atoms with van der Waals surface area (Å²) in [6.07, 6.45) is 3.04. The fourth-order valence-electron chi connectivity index (χ4n) is 1.04.